The topological polar surface area (TPSA) is 103 Å². The summed E-state index contributed by atoms with van der Waals surface area (Å²) in [6, 6.07) is 1.06. The number of nitrogens with one attached hydrogen (secondary N) is 1. The summed E-state index contributed by atoms with van der Waals surface area (Å²) in [6.07, 6.45) is 2.67. The number of aromatic nitrogens is 1. The second-order valence-electron chi connectivity index (χ2n) is 7.22. The van der Waals surface area contributed by atoms with Crippen LogP contribution in [0.1, 0.15) is 45.9 Å². The number of thiophene rings is 1. The normalized spacial score (nSPS) is 17.4. The first-order valence-electron chi connectivity index (χ1n) is 9.43. The van der Waals surface area contributed by atoms with E-state index in [0.29, 0.717) is 12.1 Å². The molecular weight excluding hydrogens is 431 g/mol. The summed E-state index contributed by atoms with van der Waals surface area (Å²) in [6.45, 7) is 3.90. The number of carboxylic acid groups (broad SMARTS) is 1. The van der Waals surface area contributed by atoms with E-state index >= 15 is 0 Å². The van der Waals surface area contributed by atoms with Gasteiger partial charge in [-0.25, -0.2) is 4.98 Å². The summed E-state index contributed by atoms with van der Waals surface area (Å²) in [4.78, 5) is 45.3. The Kier molecular flexibility index (Phi) is 6.84. The van der Waals surface area contributed by atoms with Crippen LogP contribution in [0, 0.1) is 12.1 Å². The molecule has 0 saturated carbocycles. The standard InChI is InChI=1S/C19H23FN4O4S2/c1-10(23(3)9-16(25)26)18(28)24-6-4-5-13(24)14-7-12(11(2)29-14)17(27)22-19-21-8-15(20)30-19/h7-8,10,13H,4-6,9H2,1-3H3,(H,25,26)(H,21,22,27)/t10-,13-/m0/s1. The lowest BCUT2D eigenvalue weighted by atomic mass is 10.1. The van der Waals surface area contributed by atoms with Gasteiger partial charge in [-0.15, -0.1) is 11.3 Å². The lowest BCUT2D eigenvalue weighted by Crippen LogP contribution is -2.46. The summed E-state index contributed by atoms with van der Waals surface area (Å²) in [5, 5.41) is 11.3. The fourth-order valence-electron chi connectivity index (χ4n) is 3.48. The average Bonchev–Trinajstić information content (AvgIpc) is 3.39. The van der Waals surface area contributed by atoms with Crippen molar-refractivity contribution in [3.05, 3.63) is 32.7 Å². The zero-order chi connectivity index (χ0) is 22.0. The first kappa shape index (κ1) is 22.3. The van der Waals surface area contributed by atoms with E-state index in [1.807, 2.05) is 6.92 Å². The Bertz CT molecular complexity index is 960. The lowest BCUT2D eigenvalue weighted by molar-refractivity contribution is -0.141. The quantitative estimate of drug-likeness (QED) is 0.667. The fraction of sp³-hybridized carbons (Fsp3) is 0.474. The van der Waals surface area contributed by atoms with Gasteiger partial charge < -0.3 is 10.0 Å². The van der Waals surface area contributed by atoms with Crippen molar-refractivity contribution in [2.75, 3.05) is 25.5 Å². The van der Waals surface area contributed by atoms with Crippen LogP contribution in [-0.4, -0.2) is 63.9 Å². The molecule has 2 aromatic heterocycles. The highest BCUT2D eigenvalue weighted by Gasteiger charge is 2.35. The Morgan fingerprint density at radius 1 is 1.43 bits per heavy atom. The predicted molar refractivity (Wildman–Crippen MR) is 112 cm³/mol. The molecule has 162 valence electrons. The van der Waals surface area contributed by atoms with Crippen molar-refractivity contribution in [1.82, 2.24) is 14.8 Å². The number of hydrogen-bond acceptors (Lipinski definition) is 7. The van der Waals surface area contributed by atoms with Crippen LogP contribution in [0.2, 0.25) is 0 Å². The van der Waals surface area contributed by atoms with Gasteiger partial charge in [0.05, 0.1) is 30.4 Å². The number of amides is 2. The number of rotatable bonds is 7. The Morgan fingerprint density at radius 2 is 2.17 bits per heavy atom. The molecule has 2 aromatic rings. The van der Waals surface area contributed by atoms with Crippen LogP contribution in [0.25, 0.3) is 0 Å². The van der Waals surface area contributed by atoms with E-state index in [1.54, 1.807) is 24.9 Å². The molecule has 2 atom stereocenters. The van der Waals surface area contributed by atoms with Gasteiger partial charge in [0.2, 0.25) is 5.91 Å². The molecule has 11 heteroatoms. The maximum atomic E-state index is 13.1. The van der Waals surface area contributed by atoms with Crippen molar-refractivity contribution in [2.24, 2.45) is 0 Å². The molecule has 1 fully saturated rings. The Hall–Kier alpha value is -2.37. The Labute approximate surface area is 181 Å². The minimum atomic E-state index is -0.986. The number of anilines is 1. The third-order valence-corrected chi connectivity index (χ3v) is 7.00. The van der Waals surface area contributed by atoms with Gasteiger partial charge in [0.1, 0.15) is 0 Å². The molecule has 0 unspecified atom stereocenters. The molecule has 8 nitrogen and oxygen atoms in total. The summed E-state index contributed by atoms with van der Waals surface area (Å²) in [7, 11) is 1.61. The van der Waals surface area contributed by atoms with Crippen LogP contribution in [0.15, 0.2) is 12.3 Å². The van der Waals surface area contributed by atoms with E-state index in [-0.39, 0.29) is 29.5 Å². The highest BCUT2D eigenvalue weighted by atomic mass is 32.1. The summed E-state index contributed by atoms with van der Waals surface area (Å²) in [5.74, 6) is -1.48. The summed E-state index contributed by atoms with van der Waals surface area (Å²) >= 11 is 2.21. The Balaban J connectivity index is 1.75. The number of thiazole rings is 1. The van der Waals surface area contributed by atoms with Gasteiger partial charge in [-0.3, -0.25) is 24.6 Å². The van der Waals surface area contributed by atoms with Crippen molar-refractivity contribution in [3.8, 4) is 0 Å². The molecule has 1 saturated heterocycles. The minimum Gasteiger partial charge on any atom is -0.480 e. The Morgan fingerprint density at radius 3 is 2.80 bits per heavy atom. The van der Waals surface area contributed by atoms with E-state index in [1.165, 1.54) is 16.2 Å². The van der Waals surface area contributed by atoms with E-state index in [9.17, 15) is 18.8 Å². The van der Waals surface area contributed by atoms with Gasteiger partial charge in [0.15, 0.2) is 10.3 Å². The van der Waals surface area contributed by atoms with Crippen molar-refractivity contribution < 1.29 is 23.9 Å². The molecule has 0 aliphatic carbocycles. The third-order valence-electron chi connectivity index (χ3n) is 5.15. The van der Waals surface area contributed by atoms with Gasteiger partial charge in [-0.05, 0) is 39.8 Å². The number of likely N-dealkylation sites (N-methyl/N-ethyl adjacent to an activating group) is 1. The number of likely N-dealkylation sites (tertiary alicyclic amines) is 1. The third kappa shape index (κ3) is 4.85. The van der Waals surface area contributed by atoms with E-state index in [4.69, 9.17) is 5.11 Å². The molecule has 1 aliphatic heterocycles. The maximum Gasteiger partial charge on any atom is 0.317 e. The average molecular weight is 455 g/mol. The highest BCUT2D eigenvalue weighted by Crippen LogP contribution is 2.38. The first-order chi connectivity index (χ1) is 14.2. The molecule has 0 radical (unpaired) electrons. The fourth-order valence-corrected chi connectivity index (χ4v) is 5.19. The predicted octanol–water partition coefficient (Wildman–Crippen LogP) is 2.97. The number of carbonyl (C=O) groups is 3. The molecule has 1 aliphatic rings. The smallest absolute Gasteiger partial charge is 0.317 e. The van der Waals surface area contributed by atoms with E-state index < -0.39 is 17.1 Å². The van der Waals surface area contributed by atoms with Crippen LogP contribution in [0.4, 0.5) is 9.52 Å². The number of carboxylic acids is 1. The summed E-state index contributed by atoms with van der Waals surface area (Å²) in [5.41, 5.74) is 0.473. The number of hydrogen-bond donors (Lipinski definition) is 2. The largest absolute Gasteiger partial charge is 0.480 e. The molecule has 3 heterocycles. The highest BCUT2D eigenvalue weighted by molar-refractivity contribution is 7.14. The van der Waals surface area contributed by atoms with Crippen molar-refractivity contribution in [3.63, 3.8) is 0 Å². The van der Waals surface area contributed by atoms with Crippen LogP contribution >= 0.6 is 22.7 Å². The van der Waals surface area contributed by atoms with Gasteiger partial charge in [0.25, 0.3) is 5.91 Å². The number of nitrogens with zero attached hydrogens (tertiary/aromatic N) is 3. The zero-order valence-corrected chi connectivity index (χ0v) is 18.5. The monoisotopic (exact) mass is 454 g/mol. The van der Waals surface area contributed by atoms with Crippen LogP contribution in [0.5, 0.6) is 0 Å². The number of aryl methyl sites for hydroxylation is 1. The molecule has 0 spiro atoms. The molecule has 2 N–H and O–H groups in total. The summed E-state index contributed by atoms with van der Waals surface area (Å²) < 4.78 is 13.1. The molecule has 2 amide bonds. The second kappa shape index (κ2) is 9.19. The van der Waals surface area contributed by atoms with Crippen LogP contribution in [-0.2, 0) is 9.59 Å². The minimum absolute atomic E-state index is 0.128. The van der Waals surface area contributed by atoms with Crippen molar-refractivity contribution >= 4 is 45.6 Å². The van der Waals surface area contributed by atoms with Gasteiger partial charge in [-0.1, -0.05) is 11.3 Å². The zero-order valence-electron chi connectivity index (χ0n) is 16.8. The van der Waals surface area contributed by atoms with Gasteiger partial charge in [0, 0.05) is 16.3 Å². The second-order valence-corrected chi connectivity index (χ2v) is 9.49. The van der Waals surface area contributed by atoms with E-state index in [0.717, 1.165) is 40.1 Å². The number of halogens is 1. The van der Waals surface area contributed by atoms with Gasteiger partial charge >= 0.3 is 5.97 Å². The number of aliphatic carboxylic acids is 1. The van der Waals surface area contributed by atoms with Crippen molar-refractivity contribution in [2.45, 2.75) is 38.8 Å². The molecular formula is C19H23FN4O4S2. The molecule has 0 bridgehead atoms. The molecule has 0 aromatic carbocycles. The maximum absolute atomic E-state index is 13.1. The molecule has 30 heavy (non-hydrogen) atoms. The van der Waals surface area contributed by atoms with Gasteiger partial charge in [-0.2, -0.15) is 4.39 Å². The van der Waals surface area contributed by atoms with Crippen LogP contribution < -0.4 is 5.32 Å². The lowest BCUT2D eigenvalue weighted by Gasteiger charge is -2.30. The SMILES string of the molecule is Cc1sc([C@@H]2CCCN2C(=O)[C@H](C)N(C)CC(=O)O)cc1C(=O)Nc1ncc(F)s1. The molecule has 3 rings (SSSR count). The van der Waals surface area contributed by atoms with Crippen LogP contribution in [0.3, 0.4) is 0 Å². The van der Waals surface area contributed by atoms with Crippen molar-refractivity contribution in [1.29, 1.82) is 0 Å². The van der Waals surface area contributed by atoms with E-state index in [2.05, 4.69) is 10.3 Å². The first-order valence-corrected chi connectivity index (χ1v) is 11.1. The number of carbonyl (C=O) groups excluding carboxylic acids is 2.